The molecule has 18 rings (SSSR count). The van der Waals surface area contributed by atoms with E-state index >= 15 is 0 Å². The summed E-state index contributed by atoms with van der Waals surface area (Å²) in [6.45, 7) is 1.99. The SMILES string of the molecule is COc1ccc(O)cc1.Cc1ccc(O)cc1.Nc1ccc(O)cc1.Nc1ccc2c(O)cccc2c1.O=[N+]([O-])c1ccc(O)cc1.O=[N+]([O-])c1ccc2c(O)cccc2c1.Oc1ccc(-c2ccc(O)cc2)cc1.Oc1ccc(Br)cc1.Oc1ccc(Cl)cc1.Oc1cccc2cc(Br)ccc12.Oc1cccc2cc(Cl)ccc12.Oc1cccc2cc(I)ccc12. The number of benzene rings is 18. The second-order valence-electron chi connectivity index (χ2n) is 26.6. The number of phenols is 13. The largest absolute Gasteiger partial charge is 0.508 e. The Bertz CT molecular complexity index is 5870. The van der Waals surface area contributed by atoms with Crippen molar-refractivity contribution in [1.82, 2.24) is 0 Å². The van der Waals surface area contributed by atoms with E-state index in [2.05, 4.69) is 60.5 Å². The first-order valence-electron chi connectivity index (χ1n) is 37.7. The Morgan fingerprint density at radius 2 is 0.583 bits per heavy atom. The van der Waals surface area contributed by atoms with Crippen molar-refractivity contribution in [2.75, 3.05) is 18.6 Å². The summed E-state index contributed by atoms with van der Waals surface area (Å²) >= 11 is 20.2. The lowest BCUT2D eigenvalue weighted by Gasteiger charge is -2.01. The van der Waals surface area contributed by atoms with E-state index in [0.29, 0.717) is 66.7 Å². The molecule has 0 fully saturated rings. The van der Waals surface area contributed by atoms with E-state index in [1.165, 1.54) is 45.5 Å². The molecule has 648 valence electrons. The highest BCUT2D eigenvalue weighted by Gasteiger charge is 2.09. The van der Waals surface area contributed by atoms with Crippen LogP contribution in [0.25, 0.3) is 65.0 Å². The Kier molecular flexibility index (Phi) is 40.1. The summed E-state index contributed by atoms with van der Waals surface area (Å²) in [6.07, 6.45) is 0. The molecule has 17 N–H and O–H groups in total. The van der Waals surface area contributed by atoms with Crippen molar-refractivity contribution < 1.29 is 81.0 Å². The molecular formula is C100H85Br2Cl2IN4O18. The Balaban J connectivity index is 0.000000191. The maximum Gasteiger partial charge on any atom is 0.270 e. The van der Waals surface area contributed by atoms with Crippen molar-refractivity contribution in [3.8, 4) is 91.6 Å². The molecule has 0 radical (unpaired) electrons. The fourth-order valence-electron chi connectivity index (χ4n) is 10.7. The second-order valence-corrected chi connectivity index (χ2v) is 30.5. The fraction of sp³-hybridized carbons (Fsp3) is 0.0200. The third kappa shape index (κ3) is 35.1. The van der Waals surface area contributed by atoms with Crippen LogP contribution >= 0.6 is 77.7 Å². The molecule has 0 aliphatic carbocycles. The monoisotopic (exact) mass is 1980 g/mol. The molecule has 0 saturated carbocycles. The number of nitrogens with zero attached hydrogens (tertiary/aromatic N) is 2. The van der Waals surface area contributed by atoms with Crippen molar-refractivity contribution in [2.45, 2.75) is 6.92 Å². The standard InChI is InChI=1S/C12H10O2.C10H7BrO.C10H7ClO.C10H7IO.C10H7NO3.C10H9NO.C7H8O2.C7H8O.C6H5BrO.C6H5ClO.C6H5NO3.C6H7NO/c13-11-5-1-9(2-6-11)10-3-7-12(14)8-4-10;3*11-8-4-5-9-7(6-8)2-1-3-10(9)12;12-10-3-1-2-7-6-8(11(13)14)4-5-9(7)10;11-8-4-5-9-7(6-8)2-1-3-10(9)12;1-9-7-4-2-6(8)3-5-7;1-6-2-4-7(8)5-3-6;2*7-5-1-3-6(8)4-2-5;8-6-3-1-5(2-4-6)7(9)10;7-5-1-3-6(8)4-2-5/h1-8,13-14H;3*1-6,12H;1-6,12H;1-6,12H,11H2;2-5,8H,1H3;2-5,8H,1H3;2*1-4,8H;1-4,8H;1-4,8H,7H2. The van der Waals surface area contributed by atoms with Gasteiger partial charge in [0.25, 0.3) is 11.4 Å². The van der Waals surface area contributed by atoms with Crippen LogP contribution in [0, 0.1) is 30.7 Å². The summed E-state index contributed by atoms with van der Waals surface area (Å²) in [4.78, 5) is 19.5. The molecule has 0 amide bonds. The topological polar surface area (TPSA) is 411 Å². The highest BCUT2D eigenvalue weighted by atomic mass is 127. The summed E-state index contributed by atoms with van der Waals surface area (Å²) < 4.78 is 8.05. The van der Waals surface area contributed by atoms with Gasteiger partial charge in [0.15, 0.2) is 0 Å². The number of ether oxygens (including phenoxy) is 1. The highest BCUT2D eigenvalue weighted by molar-refractivity contribution is 14.1. The molecule has 0 saturated heterocycles. The number of nitro benzene ring substituents is 2. The van der Waals surface area contributed by atoms with Crippen LogP contribution in [-0.4, -0.2) is 83.3 Å². The van der Waals surface area contributed by atoms with E-state index in [1.807, 2.05) is 134 Å². The number of phenolic OH excluding ortho intramolecular Hbond substituents is 13. The number of aryl methyl sites for hydroxylation is 1. The van der Waals surface area contributed by atoms with Gasteiger partial charge >= 0.3 is 0 Å². The molecule has 27 heteroatoms. The van der Waals surface area contributed by atoms with Gasteiger partial charge in [0.05, 0.1) is 17.0 Å². The zero-order valence-electron chi connectivity index (χ0n) is 67.6. The van der Waals surface area contributed by atoms with E-state index in [9.17, 15) is 45.8 Å². The molecular weight excluding hydrogens is 1900 g/mol. The number of halogens is 5. The van der Waals surface area contributed by atoms with Crippen molar-refractivity contribution >= 4 is 154 Å². The Morgan fingerprint density at radius 3 is 0.961 bits per heavy atom. The molecule has 0 atom stereocenters. The number of nitro groups is 2. The number of nitrogens with two attached hydrogens (primary N) is 2. The molecule has 0 unspecified atom stereocenters. The van der Waals surface area contributed by atoms with Gasteiger partial charge in [0.2, 0.25) is 0 Å². The molecule has 0 heterocycles. The number of fused-ring (bicyclic) bond motifs is 5. The molecule has 127 heavy (non-hydrogen) atoms. The van der Waals surface area contributed by atoms with Gasteiger partial charge in [-0.25, -0.2) is 0 Å². The lowest BCUT2D eigenvalue weighted by molar-refractivity contribution is -0.385. The number of hydrogen-bond acceptors (Lipinski definition) is 20. The van der Waals surface area contributed by atoms with E-state index < -0.39 is 9.85 Å². The van der Waals surface area contributed by atoms with Gasteiger partial charge in [-0.15, -0.1) is 0 Å². The number of anilines is 2. The van der Waals surface area contributed by atoms with E-state index in [1.54, 1.807) is 213 Å². The molecule has 18 aromatic carbocycles. The van der Waals surface area contributed by atoms with Crippen LogP contribution in [0.4, 0.5) is 22.7 Å². The summed E-state index contributed by atoms with van der Waals surface area (Å²) in [5.74, 6) is 4.10. The van der Waals surface area contributed by atoms with Gasteiger partial charge in [-0.05, 0) is 322 Å². The maximum atomic E-state index is 10.5. The van der Waals surface area contributed by atoms with Gasteiger partial charge in [0.1, 0.15) is 80.5 Å². The van der Waals surface area contributed by atoms with Crippen molar-refractivity contribution in [2.24, 2.45) is 0 Å². The normalized spacial score (nSPS) is 9.82. The molecule has 18 aromatic rings. The van der Waals surface area contributed by atoms with Crippen molar-refractivity contribution in [1.29, 1.82) is 0 Å². The van der Waals surface area contributed by atoms with E-state index in [0.717, 1.165) is 68.9 Å². The molecule has 0 aliphatic rings. The van der Waals surface area contributed by atoms with Crippen LogP contribution in [0.5, 0.6) is 80.5 Å². The predicted molar refractivity (Wildman–Crippen MR) is 523 cm³/mol. The summed E-state index contributed by atoms with van der Waals surface area (Å²) in [5.41, 5.74) is 15.5. The number of hydrogen-bond donors (Lipinski definition) is 15. The third-order valence-electron chi connectivity index (χ3n) is 17.2. The molecule has 0 spiro atoms. The quantitative estimate of drug-likeness (QED) is 0.0256. The average Bonchev–Trinajstić information content (AvgIpc) is 0.799. The first-order chi connectivity index (χ1) is 60.7. The lowest BCUT2D eigenvalue weighted by Crippen LogP contribution is -1.86. The van der Waals surface area contributed by atoms with Crippen LogP contribution in [0.1, 0.15) is 5.56 Å². The van der Waals surface area contributed by atoms with Crippen LogP contribution < -0.4 is 16.2 Å². The zero-order valence-corrected chi connectivity index (χ0v) is 74.4. The van der Waals surface area contributed by atoms with Gasteiger partial charge in [-0.3, -0.25) is 20.2 Å². The minimum Gasteiger partial charge on any atom is -0.508 e. The van der Waals surface area contributed by atoms with Crippen LogP contribution in [0.3, 0.4) is 0 Å². The molecule has 0 aromatic heterocycles. The van der Waals surface area contributed by atoms with Crippen molar-refractivity contribution in [3.05, 3.63) is 424 Å². The Hall–Kier alpha value is -14.9. The zero-order chi connectivity index (χ0) is 92.5. The van der Waals surface area contributed by atoms with Crippen LogP contribution in [-0.2, 0) is 0 Å². The minimum atomic E-state index is -0.514. The fourth-order valence-corrected chi connectivity index (χ4v) is 12.2. The number of methoxy groups -OCH3 is 1. The van der Waals surface area contributed by atoms with Crippen molar-refractivity contribution in [3.63, 3.8) is 0 Å². The van der Waals surface area contributed by atoms with Gasteiger partial charge in [0, 0.05) is 85.1 Å². The van der Waals surface area contributed by atoms with Crippen LogP contribution in [0.2, 0.25) is 10.0 Å². The van der Waals surface area contributed by atoms with Gasteiger partial charge in [-0.2, -0.15) is 0 Å². The highest BCUT2D eigenvalue weighted by Crippen LogP contribution is 2.33. The number of rotatable bonds is 4. The Morgan fingerprint density at radius 1 is 0.299 bits per heavy atom. The average molecular weight is 1990 g/mol. The maximum absolute atomic E-state index is 10.5. The predicted octanol–water partition coefficient (Wildman–Crippen LogP) is 26.6. The van der Waals surface area contributed by atoms with Crippen LogP contribution in [0.15, 0.2) is 385 Å². The summed E-state index contributed by atoms with van der Waals surface area (Å²) in [6, 6.07) is 106. The van der Waals surface area contributed by atoms with Gasteiger partial charge < -0.3 is 82.6 Å². The number of non-ortho nitro benzene ring substituents is 2. The number of aromatic hydroxyl groups is 13. The minimum absolute atomic E-state index is 0.0159. The smallest absolute Gasteiger partial charge is 0.270 e. The second kappa shape index (κ2) is 51.3. The first-order valence-corrected chi connectivity index (χ1v) is 41.1. The third-order valence-corrected chi connectivity index (χ3v) is 19.4. The lowest BCUT2D eigenvalue weighted by atomic mass is 10.1. The molecule has 22 nitrogen and oxygen atoms in total. The molecule has 0 aliphatic heterocycles. The van der Waals surface area contributed by atoms with E-state index in [-0.39, 0.29) is 51.6 Å². The molecule has 0 bridgehead atoms. The Labute approximate surface area is 770 Å². The van der Waals surface area contributed by atoms with E-state index in [4.69, 9.17) is 80.3 Å². The number of nitrogen functional groups attached to an aromatic ring is 2. The first kappa shape index (κ1) is 99.2. The summed E-state index contributed by atoms with van der Waals surface area (Å²) in [5, 5.41) is 148. The summed E-state index contributed by atoms with van der Waals surface area (Å²) in [7, 11) is 1.59. The van der Waals surface area contributed by atoms with Gasteiger partial charge in [-0.1, -0.05) is 158 Å².